The molecule has 2 aromatic carbocycles. The maximum absolute atomic E-state index is 12.2. The lowest BCUT2D eigenvalue weighted by atomic mass is 9.71. The number of methoxy groups -OCH3 is 2. The second-order valence-corrected chi connectivity index (χ2v) is 11.2. The lowest BCUT2D eigenvalue weighted by molar-refractivity contribution is -0.120. The van der Waals surface area contributed by atoms with Crippen molar-refractivity contribution < 1.29 is 33.6 Å². The Hall–Kier alpha value is -3.72. The van der Waals surface area contributed by atoms with Crippen LogP contribution in [-0.2, 0) is 22.4 Å². The SMILES string of the molecule is COCOc1c(OC)c(C)cc2c1C1C3Cc4c(O)c(C)c5c(c4C(CNC(C)=O)N3[C@@H](C#N)C(C2)N1C)OCO5. The molecule has 0 spiro atoms. The third-order valence-corrected chi connectivity index (χ3v) is 9.14. The molecule has 2 bridgehead atoms. The second-order valence-electron chi connectivity index (χ2n) is 11.2. The number of phenolic OH excluding ortho intramolecular Hbond substituents is 1. The zero-order chi connectivity index (χ0) is 29.2. The fourth-order valence-corrected chi connectivity index (χ4v) is 7.52. The van der Waals surface area contributed by atoms with Crippen molar-refractivity contribution in [2.45, 2.75) is 63.8 Å². The summed E-state index contributed by atoms with van der Waals surface area (Å²) in [5, 5.41) is 25.2. The lowest BCUT2D eigenvalue weighted by Crippen LogP contribution is -2.68. The molecular weight excluding hydrogens is 528 g/mol. The highest BCUT2D eigenvalue weighted by molar-refractivity contribution is 5.73. The Bertz CT molecular complexity index is 1450. The highest BCUT2D eigenvalue weighted by Crippen LogP contribution is 2.58. The number of carbonyl (C=O) groups excluding carboxylic acids is 1. The van der Waals surface area contributed by atoms with Crippen LogP contribution in [0.3, 0.4) is 0 Å². The molecule has 1 amide bonds. The van der Waals surface area contributed by atoms with Crippen molar-refractivity contribution in [3.8, 4) is 34.8 Å². The Labute approximate surface area is 239 Å². The number of phenols is 1. The molecule has 2 aromatic rings. The van der Waals surface area contributed by atoms with Crippen LogP contribution < -0.4 is 24.3 Å². The summed E-state index contributed by atoms with van der Waals surface area (Å²) >= 11 is 0. The zero-order valence-electron chi connectivity index (χ0n) is 24.2. The first-order chi connectivity index (χ1) is 19.7. The number of fused-ring (bicyclic) bond motifs is 9. The summed E-state index contributed by atoms with van der Waals surface area (Å²) in [5.74, 6) is 2.34. The summed E-state index contributed by atoms with van der Waals surface area (Å²) in [7, 11) is 5.26. The first-order valence-corrected chi connectivity index (χ1v) is 13.8. The number of rotatable bonds is 6. The number of nitrogens with zero attached hydrogens (tertiary/aromatic N) is 3. The molecule has 0 radical (unpaired) electrons. The number of ether oxygens (including phenoxy) is 5. The third kappa shape index (κ3) is 4.00. The number of nitrogens with one attached hydrogen (secondary N) is 1. The van der Waals surface area contributed by atoms with Gasteiger partial charge in [0.05, 0.1) is 25.3 Å². The summed E-state index contributed by atoms with van der Waals surface area (Å²) in [6.07, 6.45) is 1.09. The van der Waals surface area contributed by atoms with Crippen LogP contribution in [0.4, 0.5) is 0 Å². The summed E-state index contributed by atoms with van der Waals surface area (Å²) in [6, 6.07) is 3.25. The molecule has 4 unspecified atom stereocenters. The maximum Gasteiger partial charge on any atom is 0.231 e. The molecule has 4 heterocycles. The van der Waals surface area contributed by atoms with E-state index < -0.39 is 12.1 Å². The van der Waals surface area contributed by atoms with Crippen molar-refractivity contribution in [1.29, 1.82) is 5.26 Å². The molecule has 1 saturated heterocycles. The minimum atomic E-state index is -0.492. The van der Waals surface area contributed by atoms with Gasteiger partial charge in [0.15, 0.2) is 29.8 Å². The van der Waals surface area contributed by atoms with Crippen LogP contribution in [0.1, 0.15) is 52.4 Å². The highest BCUT2D eigenvalue weighted by atomic mass is 16.7. The van der Waals surface area contributed by atoms with Crippen molar-refractivity contribution in [3.63, 3.8) is 0 Å². The van der Waals surface area contributed by atoms with Gasteiger partial charge in [0.1, 0.15) is 11.8 Å². The Balaban J connectivity index is 1.60. The van der Waals surface area contributed by atoms with Gasteiger partial charge >= 0.3 is 0 Å². The van der Waals surface area contributed by atoms with Gasteiger partial charge in [-0.15, -0.1) is 0 Å². The molecule has 4 aliphatic heterocycles. The van der Waals surface area contributed by atoms with Crippen LogP contribution in [0.15, 0.2) is 6.07 Å². The molecule has 218 valence electrons. The monoisotopic (exact) mass is 564 g/mol. The molecular formula is C30H36N4O7. The van der Waals surface area contributed by atoms with Crippen molar-refractivity contribution in [1.82, 2.24) is 15.1 Å². The second kappa shape index (κ2) is 10.3. The van der Waals surface area contributed by atoms with Gasteiger partial charge in [0, 0.05) is 54.9 Å². The lowest BCUT2D eigenvalue weighted by Gasteiger charge is -2.60. The fraction of sp³-hybridized carbons (Fsp3) is 0.533. The molecule has 11 nitrogen and oxygen atoms in total. The number of carbonyl (C=O) groups is 1. The van der Waals surface area contributed by atoms with E-state index in [-0.39, 0.29) is 49.9 Å². The number of nitriles is 1. The topological polar surface area (TPSA) is 126 Å². The summed E-state index contributed by atoms with van der Waals surface area (Å²) < 4.78 is 29.1. The van der Waals surface area contributed by atoms with Gasteiger partial charge in [0.25, 0.3) is 0 Å². The smallest absolute Gasteiger partial charge is 0.231 e. The molecule has 2 N–H and O–H groups in total. The van der Waals surface area contributed by atoms with Crippen LogP contribution in [0.2, 0.25) is 0 Å². The van der Waals surface area contributed by atoms with Crippen LogP contribution in [0, 0.1) is 25.2 Å². The fourth-order valence-electron chi connectivity index (χ4n) is 7.52. The summed E-state index contributed by atoms with van der Waals surface area (Å²) in [4.78, 5) is 16.7. The van der Waals surface area contributed by atoms with E-state index in [1.807, 2.05) is 13.8 Å². The van der Waals surface area contributed by atoms with Gasteiger partial charge in [-0.2, -0.15) is 5.26 Å². The van der Waals surface area contributed by atoms with E-state index in [2.05, 4.69) is 34.3 Å². The van der Waals surface area contributed by atoms with E-state index in [1.165, 1.54) is 6.92 Å². The maximum atomic E-state index is 12.2. The predicted octanol–water partition coefficient (Wildman–Crippen LogP) is 2.64. The largest absolute Gasteiger partial charge is 0.507 e. The van der Waals surface area contributed by atoms with Crippen LogP contribution in [0.25, 0.3) is 0 Å². The minimum Gasteiger partial charge on any atom is -0.507 e. The number of hydrogen-bond donors (Lipinski definition) is 2. The van der Waals surface area contributed by atoms with E-state index in [0.717, 1.165) is 27.8 Å². The Kier molecular flexibility index (Phi) is 6.88. The number of aromatic hydroxyl groups is 1. The van der Waals surface area contributed by atoms with Crippen molar-refractivity contribution >= 4 is 5.91 Å². The minimum absolute atomic E-state index is 0.0464. The average molecular weight is 565 g/mol. The summed E-state index contributed by atoms with van der Waals surface area (Å²) in [5.41, 5.74) is 5.19. The van der Waals surface area contributed by atoms with Crippen LogP contribution >= 0.6 is 0 Å². The predicted molar refractivity (Wildman–Crippen MR) is 147 cm³/mol. The molecule has 0 aromatic heterocycles. The van der Waals surface area contributed by atoms with E-state index in [9.17, 15) is 15.2 Å². The van der Waals surface area contributed by atoms with Gasteiger partial charge in [-0.25, -0.2) is 0 Å². The van der Waals surface area contributed by atoms with Crippen LogP contribution in [0.5, 0.6) is 28.7 Å². The molecule has 11 heteroatoms. The number of amides is 1. The quantitative estimate of drug-likeness (QED) is 0.506. The molecule has 0 aliphatic carbocycles. The Morgan fingerprint density at radius 1 is 1.17 bits per heavy atom. The number of hydrogen-bond acceptors (Lipinski definition) is 10. The molecule has 1 fully saturated rings. The van der Waals surface area contributed by atoms with Crippen LogP contribution in [-0.4, -0.2) is 80.3 Å². The molecule has 5 atom stereocenters. The first-order valence-electron chi connectivity index (χ1n) is 13.8. The Morgan fingerprint density at radius 3 is 2.61 bits per heavy atom. The third-order valence-electron chi connectivity index (χ3n) is 9.14. The molecule has 6 rings (SSSR count). The normalized spacial score (nSPS) is 25.9. The summed E-state index contributed by atoms with van der Waals surface area (Å²) in [6.45, 7) is 5.63. The van der Waals surface area contributed by atoms with Crippen molar-refractivity contribution in [2.24, 2.45) is 0 Å². The first kappa shape index (κ1) is 27.4. The van der Waals surface area contributed by atoms with E-state index in [4.69, 9.17) is 23.7 Å². The van der Waals surface area contributed by atoms with Gasteiger partial charge in [-0.3, -0.25) is 14.6 Å². The van der Waals surface area contributed by atoms with E-state index in [1.54, 1.807) is 14.2 Å². The van der Waals surface area contributed by atoms with Gasteiger partial charge in [0.2, 0.25) is 12.7 Å². The van der Waals surface area contributed by atoms with Gasteiger partial charge < -0.3 is 34.1 Å². The number of piperazine rings is 1. The average Bonchev–Trinajstić information content (AvgIpc) is 3.43. The number of aryl methyl sites for hydroxylation is 1. The molecule has 4 aliphatic rings. The van der Waals surface area contributed by atoms with Crippen molar-refractivity contribution in [2.75, 3.05) is 41.4 Å². The van der Waals surface area contributed by atoms with E-state index in [0.29, 0.717) is 41.4 Å². The standard InChI is InChI=1S/C30H36N4O7/c1-14-7-17-8-19-21(10-31)34-20(25(33(19)4)23(17)29(27(14)38-6)39-12-37-5)9-18-24(22(34)11-32-16(3)35)30-28(40-13-41-30)15(2)26(18)36/h7,19-22,25,36H,8-9,11-13H2,1-6H3,(H,32,35)/t19?,20?,21-,22?,25?/m0/s1. The highest BCUT2D eigenvalue weighted by Gasteiger charge is 2.56. The number of benzene rings is 2. The number of likely N-dealkylation sites (N-methyl/N-ethyl adjacent to an activating group) is 1. The van der Waals surface area contributed by atoms with E-state index >= 15 is 0 Å². The zero-order valence-corrected chi connectivity index (χ0v) is 24.2. The molecule has 0 saturated carbocycles. The Morgan fingerprint density at radius 2 is 1.93 bits per heavy atom. The van der Waals surface area contributed by atoms with Crippen molar-refractivity contribution in [3.05, 3.63) is 39.4 Å². The molecule has 41 heavy (non-hydrogen) atoms. The van der Waals surface area contributed by atoms with Gasteiger partial charge in [-0.05, 0) is 44.9 Å². The van der Waals surface area contributed by atoms with Gasteiger partial charge in [-0.1, -0.05) is 6.07 Å².